The van der Waals surface area contributed by atoms with Crippen molar-refractivity contribution in [2.24, 2.45) is 5.92 Å². The van der Waals surface area contributed by atoms with Crippen molar-refractivity contribution in [1.29, 1.82) is 0 Å². The molecule has 1 aromatic carbocycles. The average molecular weight is 435 g/mol. The third-order valence-electron chi connectivity index (χ3n) is 7.09. The summed E-state index contributed by atoms with van der Waals surface area (Å²) in [6, 6.07) is 12.6. The van der Waals surface area contributed by atoms with Gasteiger partial charge in [-0.3, -0.25) is 9.59 Å². The molecule has 3 aliphatic rings. The summed E-state index contributed by atoms with van der Waals surface area (Å²) in [5, 5.41) is 6.24. The second kappa shape index (κ2) is 8.81. The number of rotatable bonds is 3. The fourth-order valence-electron chi connectivity index (χ4n) is 5.58. The number of likely N-dealkylation sites (tertiary alicyclic amines) is 1. The minimum Gasteiger partial charge on any atom is -0.335 e. The Bertz CT molecular complexity index is 1060. The Morgan fingerprint density at radius 1 is 0.906 bits per heavy atom. The zero-order valence-corrected chi connectivity index (χ0v) is 18.3. The Balaban J connectivity index is 1.37. The summed E-state index contributed by atoms with van der Waals surface area (Å²) < 4.78 is 1.80. The first-order valence-corrected chi connectivity index (χ1v) is 11.7. The zero-order valence-electron chi connectivity index (χ0n) is 18.3. The van der Waals surface area contributed by atoms with Crippen LogP contribution >= 0.6 is 0 Å². The highest BCUT2D eigenvalue weighted by atomic mass is 16.2. The first-order valence-electron chi connectivity index (χ1n) is 11.7. The molecule has 2 fully saturated rings. The molecule has 2 atom stereocenters. The smallest absolute Gasteiger partial charge is 0.317 e. The van der Waals surface area contributed by atoms with Crippen LogP contribution in [0.2, 0.25) is 0 Å². The Morgan fingerprint density at radius 2 is 1.69 bits per heavy atom. The molecule has 3 heterocycles. The van der Waals surface area contributed by atoms with Crippen LogP contribution < -0.4 is 16.2 Å². The van der Waals surface area contributed by atoms with Gasteiger partial charge in [-0.05, 0) is 43.4 Å². The van der Waals surface area contributed by atoms with Crippen LogP contribution in [0.15, 0.2) is 47.3 Å². The zero-order chi connectivity index (χ0) is 22.1. The van der Waals surface area contributed by atoms with E-state index in [1.807, 2.05) is 23.1 Å². The van der Waals surface area contributed by atoms with Crippen LogP contribution in [-0.2, 0) is 6.54 Å². The quantitative estimate of drug-likeness (QED) is 0.775. The van der Waals surface area contributed by atoms with E-state index in [9.17, 15) is 14.4 Å². The average Bonchev–Trinajstić information content (AvgIpc) is 2.82. The highest BCUT2D eigenvalue weighted by Gasteiger charge is 2.38. The SMILES string of the molecule is O=C(Nc1ccc(=O)n2c1[C@H]1C[C@@H](CN(C(=O)NC3CCCCC3)C1)C2)c1ccccc1. The maximum Gasteiger partial charge on any atom is 0.317 e. The maximum absolute atomic E-state index is 13.0. The topological polar surface area (TPSA) is 83.4 Å². The van der Waals surface area contributed by atoms with E-state index in [-0.39, 0.29) is 35.4 Å². The minimum atomic E-state index is -0.197. The molecular formula is C25H30N4O3. The van der Waals surface area contributed by atoms with Gasteiger partial charge in [0.05, 0.1) is 5.69 Å². The second-order valence-corrected chi connectivity index (χ2v) is 9.39. The minimum absolute atomic E-state index is 0.00759. The predicted octanol–water partition coefficient (Wildman–Crippen LogP) is 3.56. The third kappa shape index (κ3) is 4.16. The predicted molar refractivity (Wildman–Crippen MR) is 123 cm³/mol. The number of nitrogens with one attached hydrogen (secondary N) is 2. The van der Waals surface area contributed by atoms with Gasteiger partial charge in [-0.15, -0.1) is 0 Å². The number of pyridine rings is 1. The van der Waals surface area contributed by atoms with E-state index in [2.05, 4.69) is 10.6 Å². The Kier molecular flexibility index (Phi) is 5.72. The first-order chi connectivity index (χ1) is 15.6. The molecule has 1 saturated carbocycles. The summed E-state index contributed by atoms with van der Waals surface area (Å²) in [7, 11) is 0. The lowest BCUT2D eigenvalue weighted by Gasteiger charge is -2.43. The number of hydrogen-bond acceptors (Lipinski definition) is 3. The van der Waals surface area contributed by atoms with E-state index in [1.54, 1.807) is 22.8 Å². The van der Waals surface area contributed by atoms with Gasteiger partial charge in [0.1, 0.15) is 0 Å². The number of aromatic nitrogens is 1. The Labute approximate surface area is 187 Å². The van der Waals surface area contributed by atoms with E-state index in [0.717, 1.165) is 25.0 Å². The van der Waals surface area contributed by atoms with Crippen molar-refractivity contribution in [3.8, 4) is 0 Å². The van der Waals surface area contributed by atoms with Gasteiger partial charge >= 0.3 is 6.03 Å². The number of piperidine rings is 1. The summed E-state index contributed by atoms with van der Waals surface area (Å²) >= 11 is 0. The number of amides is 3. The summed E-state index contributed by atoms with van der Waals surface area (Å²) in [5.41, 5.74) is 2.03. The summed E-state index contributed by atoms with van der Waals surface area (Å²) in [4.78, 5) is 40.3. The molecule has 0 spiro atoms. The highest BCUT2D eigenvalue weighted by Crippen LogP contribution is 2.38. The van der Waals surface area contributed by atoms with Gasteiger partial charge in [-0.2, -0.15) is 0 Å². The molecule has 0 radical (unpaired) electrons. The largest absolute Gasteiger partial charge is 0.335 e. The van der Waals surface area contributed by atoms with Crippen molar-refractivity contribution in [2.45, 2.75) is 57.0 Å². The van der Waals surface area contributed by atoms with Crippen LogP contribution in [0.25, 0.3) is 0 Å². The fraction of sp³-hybridized carbons (Fsp3) is 0.480. The number of hydrogen-bond donors (Lipinski definition) is 2. The molecule has 1 saturated heterocycles. The monoisotopic (exact) mass is 434 g/mol. The number of nitrogens with zero attached hydrogens (tertiary/aromatic N) is 2. The van der Waals surface area contributed by atoms with Crippen LogP contribution in [0.1, 0.15) is 60.5 Å². The van der Waals surface area contributed by atoms with Crippen LogP contribution in [0.3, 0.4) is 0 Å². The molecule has 32 heavy (non-hydrogen) atoms. The lowest BCUT2D eigenvalue weighted by atomic mass is 9.82. The molecular weight excluding hydrogens is 404 g/mol. The van der Waals surface area contributed by atoms with E-state index in [4.69, 9.17) is 0 Å². The number of fused-ring (bicyclic) bond motifs is 4. The standard InChI is InChI=1S/C25H30N4O3/c30-22-12-11-21(27-24(31)18-7-3-1-4-8-18)23-19-13-17(15-29(22)23)14-28(16-19)25(32)26-20-9-5-2-6-10-20/h1,3-4,7-8,11-12,17,19-20H,2,5-6,9-10,13-16H2,(H,26,32)(H,27,31)/t17-,19-/m0/s1. The van der Waals surface area contributed by atoms with Crippen molar-refractivity contribution >= 4 is 17.6 Å². The van der Waals surface area contributed by atoms with Crippen LogP contribution in [-0.4, -0.2) is 40.5 Å². The summed E-state index contributed by atoms with van der Waals surface area (Å²) in [6.07, 6.45) is 6.64. The lowest BCUT2D eigenvalue weighted by Crippen LogP contribution is -2.53. The summed E-state index contributed by atoms with van der Waals surface area (Å²) in [5.74, 6) is 0.0765. The van der Waals surface area contributed by atoms with Gasteiger partial charge in [0, 0.05) is 48.9 Å². The molecule has 2 bridgehead atoms. The molecule has 7 nitrogen and oxygen atoms in total. The number of carbonyl (C=O) groups excluding carboxylic acids is 2. The first kappa shape index (κ1) is 20.8. The van der Waals surface area contributed by atoms with Crippen molar-refractivity contribution in [3.63, 3.8) is 0 Å². The maximum atomic E-state index is 13.0. The van der Waals surface area contributed by atoms with Gasteiger partial charge in [0.2, 0.25) is 0 Å². The van der Waals surface area contributed by atoms with E-state index < -0.39 is 0 Å². The molecule has 2 aromatic rings. The van der Waals surface area contributed by atoms with Crippen molar-refractivity contribution in [2.75, 3.05) is 18.4 Å². The van der Waals surface area contributed by atoms with Crippen molar-refractivity contribution < 1.29 is 9.59 Å². The molecule has 1 aromatic heterocycles. The Morgan fingerprint density at radius 3 is 2.47 bits per heavy atom. The molecule has 168 valence electrons. The van der Waals surface area contributed by atoms with Gasteiger partial charge in [-0.25, -0.2) is 4.79 Å². The molecule has 5 rings (SSSR count). The highest BCUT2D eigenvalue weighted by molar-refractivity contribution is 6.04. The van der Waals surface area contributed by atoms with Crippen LogP contribution in [0.5, 0.6) is 0 Å². The van der Waals surface area contributed by atoms with E-state index >= 15 is 0 Å². The molecule has 2 N–H and O–H groups in total. The normalized spacial score (nSPS) is 22.7. The van der Waals surface area contributed by atoms with Gasteiger partial charge in [0.15, 0.2) is 0 Å². The van der Waals surface area contributed by atoms with Gasteiger partial charge < -0.3 is 20.1 Å². The van der Waals surface area contributed by atoms with Crippen molar-refractivity contribution in [1.82, 2.24) is 14.8 Å². The third-order valence-corrected chi connectivity index (χ3v) is 7.09. The van der Waals surface area contributed by atoms with Crippen LogP contribution in [0, 0.1) is 5.92 Å². The number of carbonyl (C=O) groups is 2. The second-order valence-electron chi connectivity index (χ2n) is 9.39. The molecule has 0 unspecified atom stereocenters. The van der Waals surface area contributed by atoms with E-state index in [0.29, 0.717) is 30.9 Å². The van der Waals surface area contributed by atoms with Gasteiger partial charge in [0.25, 0.3) is 11.5 Å². The fourth-order valence-corrected chi connectivity index (χ4v) is 5.58. The number of benzene rings is 1. The molecule has 7 heteroatoms. The lowest BCUT2D eigenvalue weighted by molar-refractivity contribution is 0.102. The summed E-state index contributed by atoms with van der Waals surface area (Å²) in [6.45, 7) is 1.81. The molecule has 1 aliphatic carbocycles. The number of urea groups is 1. The van der Waals surface area contributed by atoms with E-state index in [1.165, 1.54) is 25.3 Å². The van der Waals surface area contributed by atoms with Crippen molar-refractivity contribution in [3.05, 3.63) is 64.1 Å². The van der Waals surface area contributed by atoms with Gasteiger partial charge in [-0.1, -0.05) is 37.5 Å². The Hall–Kier alpha value is -3.09. The molecule has 2 aliphatic heterocycles. The number of anilines is 1. The molecule has 3 amide bonds. The van der Waals surface area contributed by atoms with Crippen LogP contribution in [0.4, 0.5) is 10.5 Å².